The summed E-state index contributed by atoms with van der Waals surface area (Å²) in [6.45, 7) is 0. The van der Waals surface area contributed by atoms with Crippen molar-refractivity contribution >= 4 is 69.2 Å². The van der Waals surface area contributed by atoms with Crippen molar-refractivity contribution in [1.29, 1.82) is 0 Å². The Hall–Kier alpha value is -1.53. The number of rotatable bonds is 2. The third-order valence-corrected chi connectivity index (χ3v) is 3.73. The van der Waals surface area contributed by atoms with Crippen LogP contribution in [0, 0.1) is 0 Å². The summed E-state index contributed by atoms with van der Waals surface area (Å²) in [5.74, 6) is -0.486. The fourth-order valence-electron chi connectivity index (χ4n) is 1.84. The van der Waals surface area contributed by atoms with E-state index in [2.05, 4.69) is 15.3 Å². The summed E-state index contributed by atoms with van der Waals surface area (Å²) < 4.78 is 3.52. The Morgan fingerprint density at radius 2 is 2.00 bits per heavy atom. The van der Waals surface area contributed by atoms with E-state index in [0.717, 1.165) is 0 Å². The molecule has 2 heterocycles. The average molecular weight is 391 g/mol. The second-order valence-corrected chi connectivity index (χ2v) is 7.18. The molecule has 0 fully saturated rings. The number of aromatic nitrogens is 2. The van der Waals surface area contributed by atoms with E-state index in [1.165, 1.54) is 0 Å². The van der Waals surface area contributed by atoms with E-state index in [9.17, 15) is 4.79 Å². The highest BCUT2D eigenvalue weighted by Gasteiger charge is 2.31. The highest BCUT2D eigenvalue weighted by atomic mass is 35.6. The van der Waals surface area contributed by atoms with Crippen LogP contribution in [0.2, 0.25) is 5.02 Å². The number of carbonyl (C=O) groups excluding carboxylic acids is 1. The zero-order chi connectivity index (χ0) is 16.6. The van der Waals surface area contributed by atoms with Crippen LogP contribution in [0.25, 0.3) is 22.7 Å². The lowest BCUT2D eigenvalue weighted by Gasteiger charge is -2.13. The van der Waals surface area contributed by atoms with E-state index in [0.29, 0.717) is 22.7 Å². The average Bonchev–Trinajstić information content (AvgIpc) is 2.92. The molecule has 0 bridgehead atoms. The van der Waals surface area contributed by atoms with Crippen LogP contribution in [0.4, 0.5) is 5.69 Å². The predicted octanol–water partition coefficient (Wildman–Crippen LogP) is 4.85. The number of fused-ring (bicyclic) bond motifs is 1. The first-order chi connectivity index (χ1) is 10.8. The van der Waals surface area contributed by atoms with E-state index >= 15 is 0 Å². The van der Waals surface area contributed by atoms with Crippen LogP contribution >= 0.6 is 46.4 Å². The van der Waals surface area contributed by atoms with E-state index in [-0.39, 0.29) is 10.7 Å². The predicted molar refractivity (Wildman–Crippen MR) is 91.2 cm³/mol. The summed E-state index contributed by atoms with van der Waals surface area (Å²) in [4.78, 5) is 20.1. The van der Waals surface area contributed by atoms with Crippen molar-refractivity contribution in [2.45, 2.75) is 3.79 Å². The van der Waals surface area contributed by atoms with Crippen LogP contribution in [0.15, 0.2) is 40.9 Å². The monoisotopic (exact) mass is 389 g/mol. The smallest absolute Gasteiger partial charge is 0.276 e. The summed E-state index contributed by atoms with van der Waals surface area (Å²) in [5.41, 5.74) is 1.89. The summed E-state index contributed by atoms with van der Waals surface area (Å²) in [6.07, 6.45) is 1.61. The minimum atomic E-state index is -2.10. The van der Waals surface area contributed by atoms with Gasteiger partial charge in [0.1, 0.15) is 0 Å². The van der Waals surface area contributed by atoms with Crippen molar-refractivity contribution in [3.63, 3.8) is 0 Å². The van der Waals surface area contributed by atoms with Crippen LogP contribution in [0.5, 0.6) is 0 Å². The summed E-state index contributed by atoms with van der Waals surface area (Å²) in [5, 5.41) is 2.73. The summed E-state index contributed by atoms with van der Waals surface area (Å²) >= 11 is 22.6. The molecule has 9 heteroatoms. The lowest BCUT2D eigenvalue weighted by molar-refractivity contribution is -0.115. The highest BCUT2D eigenvalue weighted by molar-refractivity contribution is 6.76. The molecule has 118 valence electrons. The normalized spacial score (nSPS) is 11.7. The molecule has 0 aliphatic heterocycles. The van der Waals surface area contributed by atoms with Gasteiger partial charge >= 0.3 is 0 Å². The molecule has 0 aliphatic rings. The Labute approximate surface area is 150 Å². The van der Waals surface area contributed by atoms with Gasteiger partial charge in [0.25, 0.3) is 9.70 Å². The van der Waals surface area contributed by atoms with Crippen molar-refractivity contribution in [2.24, 2.45) is 0 Å². The van der Waals surface area contributed by atoms with Gasteiger partial charge in [0.05, 0.1) is 10.7 Å². The number of amides is 1. The van der Waals surface area contributed by atoms with Crippen molar-refractivity contribution in [2.75, 3.05) is 5.32 Å². The van der Waals surface area contributed by atoms with Crippen LogP contribution in [-0.4, -0.2) is 19.7 Å². The minimum absolute atomic E-state index is 0.274. The Balaban J connectivity index is 1.98. The number of alkyl halides is 3. The number of carbonyl (C=O) groups is 1. The summed E-state index contributed by atoms with van der Waals surface area (Å²) in [7, 11) is 0. The van der Waals surface area contributed by atoms with Crippen molar-refractivity contribution in [3.8, 4) is 11.5 Å². The van der Waals surface area contributed by atoms with Crippen molar-refractivity contribution in [3.05, 3.63) is 41.6 Å². The number of benzene rings is 1. The molecule has 1 amide bonds. The highest BCUT2D eigenvalue weighted by Crippen LogP contribution is 2.33. The molecule has 3 rings (SSSR count). The lowest BCUT2D eigenvalue weighted by Crippen LogP contribution is -2.27. The van der Waals surface area contributed by atoms with E-state index in [4.69, 9.17) is 50.8 Å². The molecule has 23 heavy (non-hydrogen) atoms. The number of anilines is 1. The molecule has 0 atom stereocenters. The number of halogens is 4. The zero-order valence-electron chi connectivity index (χ0n) is 11.2. The van der Waals surface area contributed by atoms with Gasteiger partial charge in [-0.25, -0.2) is 4.98 Å². The minimum Gasteiger partial charge on any atom is -0.434 e. The Kier molecular flexibility index (Phi) is 4.38. The number of pyridine rings is 1. The van der Waals surface area contributed by atoms with Gasteiger partial charge in [-0.3, -0.25) is 4.79 Å². The van der Waals surface area contributed by atoms with Gasteiger partial charge in [-0.1, -0.05) is 46.4 Å². The molecule has 3 aromatic rings. The molecule has 0 saturated carbocycles. The second-order valence-electron chi connectivity index (χ2n) is 4.49. The first-order valence-corrected chi connectivity index (χ1v) is 7.75. The van der Waals surface area contributed by atoms with Crippen LogP contribution in [0.1, 0.15) is 0 Å². The molecule has 0 radical (unpaired) electrons. The van der Waals surface area contributed by atoms with Gasteiger partial charge in [0, 0.05) is 11.8 Å². The second kappa shape index (κ2) is 6.17. The van der Waals surface area contributed by atoms with E-state index in [1.54, 1.807) is 36.5 Å². The molecular formula is C14H7Cl4N3O2. The van der Waals surface area contributed by atoms with Crippen LogP contribution in [-0.2, 0) is 4.79 Å². The number of hydrogen-bond donors (Lipinski definition) is 1. The maximum Gasteiger partial charge on any atom is 0.276 e. The first-order valence-electron chi connectivity index (χ1n) is 6.24. The number of nitrogens with one attached hydrogen (secondary N) is 1. The van der Waals surface area contributed by atoms with Gasteiger partial charge in [-0.15, -0.1) is 0 Å². The zero-order valence-corrected chi connectivity index (χ0v) is 14.2. The molecule has 0 saturated heterocycles. The molecule has 5 nitrogen and oxygen atoms in total. The Bertz CT molecular complexity index is 856. The number of hydrogen-bond acceptors (Lipinski definition) is 4. The maximum absolute atomic E-state index is 11.8. The van der Waals surface area contributed by atoms with Crippen LogP contribution in [0.3, 0.4) is 0 Å². The van der Waals surface area contributed by atoms with Gasteiger partial charge in [-0.05, 0) is 30.3 Å². The molecule has 1 N–H and O–H groups in total. The molecule has 0 unspecified atom stereocenters. The maximum atomic E-state index is 11.8. The van der Waals surface area contributed by atoms with Crippen LogP contribution < -0.4 is 5.32 Å². The van der Waals surface area contributed by atoms with Crippen molar-refractivity contribution < 1.29 is 9.21 Å². The Morgan fingerprint density at radius 1 is 1.22 bits per heavy atom. The molecule has 0 aliphatic carbocycles. The van der Waals surface area contributed by atoms with E-state index in [1.807, 2.05) is 0 Å². The van der Waals surface area contributed by atoms with Gasteiger partial charge < -0.3 is 9.73 Å². The van der Waals surface area contributed by atoms with E-state index < -0.39 is 9.70 Å². The summed E-state index contributed by atoms with van der Waals surface area (Å²) in [6, 6.07) is 8.33. The molecule has 1 aromatic carbocycles. The topological polar surface area (TPSA) is 68.0 Å². The lowest BCUT2D eigenvalue weighted by atomic mass is 10.2. The SMILES string of the molecule is O=C(Nc1cc(-c2nc3ncccc3o2)ccc1Cl)C(Cl)(Cl)Cl. The molecule has 0 spiro atoms. The number of nitrogens with zero attached hydrogens (tertiary/aromatic N) is 2. The molecule has 2 aromatic heterocycles. The Morgan fingerprint density at radius 3 is 2.70 bits per heavy atom. The third-order valence-electron chi connectivity index (χ3n) is 2.88. The van der Waals surface area contributed by atoms with Gasteiger partial charge in [-0.2, -0.15) is 4.98 Å². The largest absolute Gasteiger partial charge is 0.434 e. The number of oxazole rings is 1. The molecular weight excluding hydrogens is 384 g/mol. The third kappa shape index (κ3) is 3.53. The first kappa shape index (κ1) is 16.3. The quantitative estimate of drug-likeness (QED) is 0.635. The fourth-order valence-corrected chi connectivity index (χ4v) is 2.15. The fraction of sp³-hybridized carbons (Fsp3) is 0.0714. The van der Waals surface area contributed by atoms with Crippen molar-refractivity contribution in [1.82, 2.24) is 9.97 Å². The van der Waals surface area contributed by atoms with Gasteiger partial charge in [0.2, 0.25) is 5.89 Å². The standard InChI is InChI=1S/C14H7Cl4N3O2/c15-8-4-3-7(6-9(8)20-13(22)14(16,17)18)12-21-11-10(23-12)2-1-5-19-11/h1-6H,(H,20,22). The van der Waals surface area contributed by atoms with Gasteiger partial charge in [0.15, 0.2) is 11.2 Å².